The third-order valence-corrected chi connectivity index (χ3v) is 3.55. The number of hydrogen-bond donors (Lipinski definition) is 0. The van der Waals surface area contributed by atoms with Crippen LogP contribution in [-0.4, -0.2) is 14.7 Å². The smallest absolute Gasteiger partial charge is 0.213 e. The van der Waals surface area contributed by atoms with Crippen LogP contribution in [0.4, 0.5) is 0 Å². The molecule has 2 heterocycles. The lowest BCUT2D eigenvalue weighted by Gasteiger charge is -1.98. The van der Waals surface area contributed by atoms with Gasteiger partial charge in [-0.1, -0.05) is 17.3 Å². The molecule has 0 saturated heterocycles. The van der Waals surface area contributed by atoms with Gasteiger partial charge >= 0.3 is 0 Å². The fourth-order valence-corrected chi connectivity index (χ4v) is 2.22. The number of aromatic nitrogens is 3. The van der Waals surface area contributed by atoms with Gasteiger partial charge in [0.2, 0.25) is 5.82 Å². The molecule has 0 N–H and O–H groups in total. The molecule has 6 heteroatoms. The van der Waals surface area contributed by atoms with E-state index in [-0.39, 0.29) is 0 Å². The van der Waals surface area contributed by atoms with E-state index in [1.807, 2.05) is 36.4 Å². The first kappa shape index (κ1) is 12.9. The summed E-state index contributed by atoms with van der Waals surface area (Å²) in [6, 6.07) is 11.9. The maximum atomic E-state index is 8.92. The predicted octanol–water partition coefficient (Wildman–Crippen LogP) is 3.06. The van der Waals surface area contributed by atoms with Crippen molar-refractivity contribution in [1.82, 2.24) is 14.7 Å². The van der Waals surface area contributed by atoms with Gasteiger partial charge in [0.15, 0.2) is 5.76 Å². The van der Waals surface area contributed by atoms with Crippen LogP contribution in [0.2, 0.25) is 0 Å². The molecule has 0 spiro atoms. The highest BCUT2D eigenvalue weighted by molar-refractivity contribution is 14.1. The van der Waals surface area contributed by atoms with E-state index in [0.29, 0.717) is 12.4 Å². The molecule has 0 amide bonds. The Bertz CT molecular complexity index is 767. The molecule has 3 aromatic rings. The Morgan fingerprint density at radius 2 is 2.10 bits per heavy atom. The lowest BCUT2D eigenvalue weighted by Crippen LogP contribution is -2.01. The first-order chi connectivity index (χ1) is 9.76. The fourth-order valence-electron chi connectivity index (χ4n) is 1.86. The molecule has 0 aliphatic rings. The van der Waals surface area contributed by atoms with Crippen LogP contribution in [-0.2, 0) is 6.54 Å². The van der Waals surface area contributed by atoms with Crippen LogP contribution in [0.1, 0.15) is 11.5 Å². The standard InChI is InChI=1S/C14H9IN4O/c15-11-3-1-10(2-4-11)13-7-12(18-20-13)9-19-6-5-17-14(19)8-16/h1-7H,9H2. The second-order valence-corrected chi connectivity index (χ2v) is 5.43. The second-order valence-electron chi connectivity index (χ2n) is 4.18. The van der Waals surface area contributed by atoms with Gasteiger partial charge in [-0.3, -0.25) is 0 Å². The molecular formula is C14H9IN4O. The molecule has 2 aromatic heterocycles. The molecule has 0 fully saturated rings. The number of imidazole rings is 1. The van der Waals surface area contributed by atoms with Crippen molar-refractivity contribution in [1.29, 1.82) is 5.26 Å². The van der Waals surface area contributed by atoms with Gasteiger partial charge in [0.05, 0.1) is 6.54 Å². The molecule has 0 aliphatic carbocycles. The van der Waals surface area contributed by atoms with E-state index in [0.717, 1.165) is 17.0 Å². The van der Waals surface area contributed by atoms with Crippen LogP contribution in [0.3, 0.4) is 0 Å². The molecule has 5 nitrogen and oxygen atoms in total. The summed E-state index contributed by atoms with van der Waals surface area (Å²) in [5.41, 5.74) is 1.74. The molecule has 1 aromatic carbocycles. The van der Waals surface area contributed by atoms with E-state index >= 15 is 0 Å². The van der Waals surface area contributed by atoms with Crippen molar-refractivity contribution in [3.05, 3.63) is 57.8 Å². The Labute approximate surface area is 129 Å². The maximum Gasteiger partial charge on any atom is 0.213 e. The average Bonchev–Trinajstić information content (AvgIpc) is 3.09. The molecule has 0 radical (unpaired) electrons. The van der Waals surface area contributed by atoms with E-state index in [1.54, 1.807) is 17.0 Å². The molecule has 98 valence electrons. The Kier molecular flexibility index (Phi) is 3.52. The highest BCUT2D eigenvalue weighted by Gasteiger charge is 2.09. The minimum atomic E-state index is 0.365. The van der Waals surface area contributed by atoms with Crippen molar-refractivity contribution in [3.63, 3.8) is 0 Å². The van der Waals surface area contributed by atoms with Gasteiger partial charge < -0.3 is 9.09 Å². The van der Waals surface area contributed by atoms with E-state index in [4.69, 9.17) is 9.78 Å². The largest absolute Gasteiger partial charge is 0.356 e. The zero-order valence-corrected chi connectivity index (χ0v) is 12.5. The van der Waals surface area contributed by atoms with Gasteiger partial charge in [0.1, 0.15) is 11.8 Å². The number of hydrogen-bond acceptors (Lipinski definition) is 4. The van der Waals surface area contributed by atoms with Crippen LogP contribution in [0, 0.1) is 14.9 Å². The second kappa shape index (κ2) is 5.46. The van der Waals surface area contributed by atoms with Crippen molar-refractivity contribution >= 4 is 22.6 Å². The molecule has 0 atom stereocenters. The van der Waals surface area contributed by atoms with Gasteiger partial charge in [0.25, 0.3) is 0 Å². The topological polar surface area (TPSA) is 67.6 Å². The van der Waals surface area contributed by atoms with Crippen molar-refractivity contribution in [2.75, 3.05) is 0 Å². The Morgan fingerprint density at radius 1 is 1.30 bits per heavy atom. The van der Waals surface area contributed by atoms with E-state index in [9.17, 15) is 0 Å². The molecule has 0 bridgehead atoms. The Morgan fingerprint density at radius 3 is 2.85 bits per heavy atom. The summed E-state index contributed by atoms with van der Waals surface area (Å²) in [6.07, 6.45) is 3.34. The quantitative estimate of drug-likeness (QED) is 0.659. The summed E-state index contributed by atoms with van der Waals surface area (Å²) in [5.74, 6) is 1.08. The minimum Gasteiger partial charge on any atom is -0.356 e. The van der Waals surface area contributed by atoms with Crippen LogP contribution < -0.4 is 0 Å². The molecule has 20 heavy (non-hydrogen) atoms. The third kappa shape index (κ3) is 2.58. The van der Waals surface area contributed by atoms with Crippen molar-refractivity contribution in [3.8, 4) is 17.4 Å². The summed E-state index contributed by atoms with van der Waals surface area (Å²) < 4.78 is 8.25. The van der Waals surface area contributed by atoms with Crippen LogP contribution in [0.5, 0.6) is 0 Å². The summed E-state index contributed by atoms with van der Waals surface area (Å²) >= 11 is 2.26. The van der Waals surface area contributed by atoms with Gasteiger partial charge in [-0.25, -0.2) is 4.98 Å². The third-order valence-electron chi connectivity index (χ3n) is 2.84. The van der Waals surface area contributed by atoms with Crippen LogP contribution in [0.25, 0.3) is 11.3 Å². The monoisotopic (exact) mass is 376 g/mol. The maximum absolute atomic E-state index is 8.92. The van der Waals surface area contributed by atoms with Crippen molar-refractivity contribution in [2.45, 2.75) is 6.54 Å². The number of nitrogens with zero attached hydrogens (tertiary/aromatic N) is 4. The molecule has 0 aliphatic heterocycles. The Balaban J connectivity index is 1.84. The number of nitriles is 1. The van der Waals surface area contributed by atoms with Crippen LogP contribution in [0.15, 0.2) is 47.2 Å². The lowest BCUT2D eigenvalue weighted by molar-refractivity contribution is 0.421. The molecule has 0 saturated carbocycles. The SMILES string of the molecule is N#Cc1nccn1Cc1cc(-c2ccc(I)cc2)on1. The minimum absolute atomic E-state index is 0.365. The molecule has 3 rings (SSSR count). The van der Waals surface area contributed by atoms with Crippen molar-refractivity contribution < 1.29 is 4.52 Å². The summed E-state index contributed by atoms with van der Waals surface area (Å²) in [6.45, 7) is 0.469. The normalized spacial score (nSPS) is 10.4. The summed E-state index contributed by atoms with van der Waals surface area (Å²) in [5, 5.41) is 12.9. The van der Waals surface area contributed by atoms with Crippen molar-refractivity contribution in [2.24, 2.45) is 0 Å². The first-order valence-electron chi connectivity index (χ1n) is 5.89. The first-order valence-corrected chi connectivity index (χ1v) is 6.97. The van der Waals surface area contributed by atoms with E-state index < -0.39 is 0 Å². The summed E-state index contributed by atoms with van der Waals surface area (Å²) in [7, 11) is 0. The number of rotatable bonds is 3. The number of benzene rings is 1. The average molecular weight is 376 g/mol. The number of halogens is 1. The lowest BCUT2D eigenvalue weighted by atomic mass is 10.1. The van der Waals surface area contributed by atoms with Gasteiger partial charge in [-0.15, -0.1) is 0 Å². The van der Waals surface area contributed by atoms with Gasteiger partial charge in [0, 0.05) is 27.6 Å². The molecular weight excluding hydrogens is 367 g/mol. The highest BCUT2D eigenvalue weighted by atomic mass is 127. The van der Waals surface area contributed by atoms with Gasteiger partial charge in [-0.2, -0.15) is 5.26 Å². The zero-order valence-electron chi connectivity index (χ0n) is 10.3. The predicted molar refractivity (Wildman–Crippen MR) is 80.7 cm³/mol. The highest BCUT2D eigenvalue weighted by Crippen LogP contribution is 2.21. The van der Waals surface area contributed by atoms with Gasteiger partial charge in [-0.05, 0) is 34.7 Å². The fraction of sp³-hybridized carbons (Fsp3) is 0.0714. The molecule has 0 unspecified atom stereocenters. The van der Waals surface area contributed by atoms with Crippen LogP contribution >= 0.6 is 22.6 Å². The summed E-state index contributed by atoms with van der Waals surface area (Å²) in [4.78, 5) is 3.95. The van der Waals surface area contributed by atoms with E-state index in [1.165, 1.54) is 3.57 Å². The van der Waals surface area contributed by atoms with E-state index in [2.05, 4.69) is 32.7 Å². The Hall–Kier alpha value is -2.14. The zero-order chi connectivity index (χ0) is 13.9.